The molecule has 1 aliphatic rings. The van der Waals surface area contributed by atoms with E-state index >= 15 is 0 Å². The number of aromatic nitrogens is 1. The maximum atomic E-state index is 9.61. The minimum atomic E-state index is 0.193. The van der Waals surface area contributed by atoms with Gasteiger partial charge in [-0.25, -0.2) is 0 Å². The van der Waals surface area contributed by atoms with Gasteiger partial charge in [0.15, 0.2) is 0 Å². The van der Waals surface area contributed by atoms with E-state index in [0.717, 1.165) is 29.6 Å². The summed E-state index contributed by atoms with van der Waals surface area (Å²) in [5.74, 6) is 0.514. The predicted molar refractivity (Wildman–Crippen MR) is 78.8 cm³/mol. The van der Waals surface area contributed by atoms with E-state index in [1.54, 1.807) is 0 Å². The average Bonchev–Trinajstić information content (AvgIpc) is 2.78. The highest BCUT2D eigenvalue weighted by molar-refractivity contribution is 6.31. The van der Waals surface area contributed by atoms with E-state index in [4.69, 9.17) is 11.6 Å². The zero-order valence-corrected chi connectivity index (χ0v) is 11.6. The zero-order valence-electron chi connectivity index (χ0n) is 10.9. The van der Waals surface area contributed by atoms with Crippen molar-refractivity contribution in [2.75, 3.05) is 18.1 Å². The lowest BCUT2D eigenvalue weighted by Crippen LogP contribution is -2.35. The third kappa shape index (κ3) is 2.17. The van der Waals surface area contributed by atoms with E-state index in [1.165, 1.54) is 0 Å². The predicted octanol–water partition coefficient (Wildman–Crippen LogP) is 3.10. The first-order valence-electron chi connectivity index (χ1n) is 6.62. The van der Waals surface area contributed by atoms with E-state index in [1.807, 2.05) is 30.5 Å². The number of hydrogen-bond donors (Lipinski definition) is 1. The molecule has 0 saturated carbocycles. The number of anilines is 1. The number of aliphatic hydroxyl groups excluding tert-OH is 1. The van der Waals surface area contributed by atoms with Crippen LogP contribution in [0.3, 0.4) is 0 Å². The normalized spacial score (nSPS) is 23.2. The summed E-state index contributed by atoms with van der Waals surface area (Å²) in [6.45, 7) is 3.37. The lowest BCUT2D eigenvalue weighted by Gasteiger charge is -2.28. The summed E-state index contributed by atoms with van der Waals surface area (Å²) in [6, 6.07) is 8.01. The molecule has 2 heterocycles. The first-order chi connectivity index (χ1) is 9.20. The summed E-state index contributed by atoms with van der Waals surface area (Å²) < 4.78 is 0. The minimum absolute atomic E-state index is 0.193. The van der Waals surface area contributed by atoms with Crippen molar-refractivity contribution in [3.8, 4) is 0 Å². The molecule has 2 unspecified atom stereocenters. The maximum Gasteiger partial charge on any atom is 0.0737 e. The molecule has 1 aromatic heterocycles. The van der Waals surface area contributed by atoms with Crippen LogP contribution in [0, 0.1) is 5.92 Å². The van der Waals surface area contributed by atoms with Gasteiger partial charge in [0.1, 0.15) is 0 Å². The van der Waals surface area contributed by atoms with Crippen molar-refractivity contribution in [3.63, 3.8) is 0 Å². The second kappa shape index (κ2) is 4.99. The van der Waals surface area contributed by atoms with Crippen LogP contribution in [0.25, 0.3) is 10.9 Å². The largest absolute Gasteiger partial charge is 0.394 e. The van der Waals surface area contributed by atoms with Gasteiger partial charge >= 0.3 is 0 Å². The molecule has 19 heavy (non-hydrogen) atoms. The van der Waals surface area contributed by atoms with Crippen LogP contribution in [0.15, 0.2) is 30.5 Å². The van der Waals surface area contributed by atoms with Gasteiger partial charge in [-0.2, -0.15) is 0 Å². The lowest BCUT2D eigenvalue weighted by atomic mass is 10.0. The molecular formula is C15H17ClN2O. The van der Waals surface area contributed by atoms with Crippen molar-refractivity contribution in [1.82, 2.24) is 4.98 Å². The third-order valence-corrected chi connectivity index (χ3v) is 4.30. The van der Waals surface area contributed by atoms with Gasteiger partial charge in [0.2, 0.25) is 0 Å². The van der Waals surface area contributed by atoms with Gasteiger partial charge in [0.25, 0.3) is 0 Å². The molecule has 1 N–H and O–H groups in total. The van der Waals surface area contributed by atoms with Gasteiger partial charge in [-0.1, -0.05) is 18.5 Å². The van der Waals surface area contributed by atoms with Gasteiger partial charge in [-0.15, -0.1) is 0 Å². The number of benzene rings is 1. The highest BCUT2D eigenvalue weighted by Gasteiger charge is 2.31. The fourth-order valence-electron chi connectivity index (χ4n) is 2.94. The van der Waals surface area contributed by atoms with Gasteiger partial charge in [0.05, 0.1) is 18.2 Å². The first kappa shape index (κ1) is 12.7. The van der Waals surface area contributed by atoms with Crippen LogP contribution in [0.4, 0.5) is 5.69 Å². The average molecular weight is 277 g/mol. The molecule has 0 bridgehead atoms. The molecule has 1 fully saturated rings. The van der Waals surface area contributed by atoms with Gasteiger partial charge in [-0.05, 0) is 36.6 Å². The van der Waals surface area contributed by atoms with Crippen molar-refractivity contribution in [2.24, 2.45) is 5.92 Å². The second-order valence-electron chi connectivity index (χ2n) is 5.20. The number of halogens is 1. The minimum Gasteiger partial charge on any atom is -0.394 e. The molecule has 1 aliphatic heterocycles. The Morgan fingerprint density at radius 3 is 3.05 bits per heavy atom. The maximum absolute atomic E-state index is 9.61. The molecule has 100 valence electrons. The van der Waals surface area contributed by atoms with Crippen LogP contribution in [-0.4, -0.2) is 29.3 Å². The first-order valence-corrected chi connectivity index (χ1v) is 7.00. The van der Waals surface area contributed by atoms with Crippen molar-refractivity contribution < 1.29 is 5.11 Å². The number of pyridine rings is 1. The monoisotopic (exact) mass is 276 g/mol. The molecule has 3 rings (SSSR count). The summed E-state index contributed by atoms with van der Waals surface area (Å²) in [6.07, 6.45) is 2.92. The number of rotatable bonds is 2. The Labute approximate surface area is 117 Å². The number of fused-ring (bicyclic) bond motifs is 1. The van der Waals surface area contributed by atoms with Crippen LogP contribution in [0.2, 0.25) is 5.02 Å². The summed E-state index contributed by atoms with van der Waals surface area (Å²) in [5.41, 5.74) is 2.05. The highest BCUT2D eigenvalue weighted by atomic mass is 35.5. The van der Waals surface area contributed by atoms with Gasteiger partial charge in [-0.3, -0.25) is 4.98 Å². The molecule has 1 saturated heterocycles. The number of nitrogens with zero attached hydrogens (tertiary/aromatic N) is 2. The molecule has 0 aliphatic carbocycles. The molecule has 2 aromatic rings. The Morgan fingerprint density at radius 1 is 1.42 bits per heavy atom. The van der Waals surface area contributed by atoms with Gasteiger partial charge in [0, 0.05) is 28.8 Å². The quantitative estimate of drug-likeness (QED) is 0.916. The SMILES string of the molecule is CC1CCN(c2ccnc3cc(Cl)ccc23)C1CO. The smallest absolute Gasteiger partial charge is 0.0737 e. The number of aliphatic hydroxyl groups is 1. The van der Waals surface area contributed by atoms with Crippen molar-refractivity contribution in [3.05, 3.63) is 35.5 Å². The Bertz CT molecular complexity index is 602. The van der Waals surface area contributed by atoms with E-state index in [9.17, 15) is 5.11 Å². The van der Waals surface area contributed by atoms with E-state index in [-0.39, 0.29) is 12.6 Å². The van der Waals surface area contributed by atoms with Crippen LogP contribution >= 0.6 is 11.6 Å². The molecular weight excluding hydrogens is 260 g/mol. The fourth-order valence-corrected chi connectivity index (χ4v) is 3.11. The molecule has 4 heteroatoms. The van der Waals surface area contributed by atoms with E-state index in [0.29, 0.717) is 10.9 Å². The molecule has 1 aromatic carbocycles. The van der Waals surface area contributed by atoms with Crippen molar-refractivity contribution in [2.45, 2.75) is 19.4 Å². The summed E-state index contributed by atoms with van der Waals surface area (Å²) in [4.78, 5) is 6.66. The molecule has 0 amide bonds. The van der Waals surface area contributed by atoms with Crippen LogP contribution in [-0.2, 0) is 0 Å². The topological polar surface area (TPSA) is 36.4 Å². The summed E-state index contributed by atoms with van der Waals surface area (Å²) >= 11 is 6.02. The molecule has 0 radical (unpaired) electrons. The Balaban J connectivity index is 2.10. The fraction of sp³-hybridized carbons (Fsp3) is 0.400. The second-order valence-corrected chi connectivity index (χ2v) is 5.64. The standard InChI is InChI=1S/C15H17ClN2O/c1-10-5-7-18(15(10)9-19)14-4-6-17-13-8-11(16)2-3-12(13)14/h2-4,6,8,10,15,19H,5,7,9H2,1H3. The van der Waals surface area contributed by atoms with Crippen molar-refractivity contribution in [1.29, 1.82) is 0 Å². The zero-order chi connectivity index (χ0) is 13.4. The van der Waals surface area contributed by atoms with E-state index in [2.05, 4.69) is 16.8 Å². The molecule has 0 spiro atoms. The Hall–Kier alpha value is -1.32. The summed E-state index contributed by atoms with van der Waals surface area (Å²) in [5, 5.41) is 11.4. The van der Waals surface area contributed by atoms with Crippen LogP contribution in [0.5, 0.6) is 0 Å². The van der Waals surface area contributed by atoms with Crippen molar-refractivity contribution >= 4 is 28.2 Å². The Kier molecular flexibility index (Phi) is 3.33. The van der Waals surface area contributed by atoms with Crippen LogP contribution < -0.4 is 4.90 Å². The molecule has 3 nitrogen and oxygen atoms in total. The van der Waals surface area contributed by atoms with Gasteiger partial charge < -0.3 is 10.0 Å². The van der Waals surface area contributed by atoms with E-state index < -0.39 is 0 Å². The third-order valence-electron chi connectivity index (χ3n) is 4.06. The number of hydrogen-bond acceptors (Lipinski definition) is 3. The molecule has 2 atom stereocenters. The highest BCUT2D eigenvalue weighted by Crippen LogP contribution is 2.34. The lowest BCUT2D eigenvalue weighted by molar-refractivity contribution is 0.245. The Morgan fingerprint density at radius 2 is 2.26 bits per heavy atom. The summed E-state index contributed by atoms with van der Waals surface area (Å²) in [7, 11) is 0. The van der Waals surface area contributed by atoms with Crippen LogP contribution in [0.1, 0.15) is 13.3 Å².